The minimum absolute atomic E-state index is 0.270. The first-order chi connectivity index (χ1) is 12.9. The van der Waals surface area contributed by atoms with E-state index in [2.05, 4.69) is 84.9 Å². The summed E-state index contributed by atoms with van der Waals surface area (Å²) in [4.78, 5) is 0. The zero-order valence-corrected chi connectivity index (χ0v) is 14.6. The summed E-state index contributed by atoms with van der Waals surface area (Å²) in [5, 5.41) is 0. The number of fused-ring (bicyclic) bond motifs is 9. The van der Waals surface area contributed by atoms with Crippen LogP contribution in [-0.4, -0.2) is 0 Å². The number of benzene rings is 3. The molecule has 3 aromatic carbocycles. The average Bonchev–Trinajstić information content (AvgIpc) is 3.26. The van der Waals surface area contributed by atoms with Gasteiger partial charge in [0.05, 0.1) is 0 Å². The van der Waals surface area contributed by atoms with Crippen molar-refractivity contribution < 1.29 is 0 Å². The fourth-order valence-electron chi connectivity index (χ4n) is 7.23. The van der Waals surface area contributed by atoms with Crippen LogP contribution < -0.4 is 0 Å². The van der Waals surface area contributed by atoms with Crippen LogP contribution in [0.5, 0.6) is 0 Å². The summed E-state index contributed by atoms with van der Waals surface area (Å²) in [6.07, 6.45) is 6.18. The second kappa shape index (κ2) is 4.38. The van der Waals surface area contributed by atoms with Crippen LogP contribution in [0.3, 0.4) is 0 Å². The molecule has 4 aliphatic carbocycles. The molecule has 3 aromatic rings. The highest BCUT2D eigenvalue weighted by molar-refractivity contribution is 5.67. The Morgan fingerprint density at radius 2 is 1.04 bits per heavy atom. The lowest BCUT2D eigenvalue weighted by Gasteiger charge is -2.44. The second-order valence-electron chi connectivity index (χ2n) is 8.45. The molecule has 1 unspecified atom stereocenters. The number of hydrogen-bond acceptors (Lipinski definition) is 0. The van der Waals surface area contributed by atoms with E-state index in [1.54, 1.807) is 33.4 Å². The van der Waals surface area contributed by atoms with Gasteiger partial charge in [-0.15, -0.1) is 0 Å². The third-order valence-electron chi connectivity index (χ3n) is 7.79. The Hall–Kier alpha value is -2.60. The summed E-state index contributed by atoms with van der Waals surface area (Å²) in [7, 11) is 0. The summed E-state index contributed by atoms with van der Waals surface area (Å²) in [6.45, 7) is 0. The molecule has 124 valence electrons. The van der Waals surface area contributed by atoms with E-state index >= 15 is 0 Å². The molecule has 0 aromatic heterocycles. The van der Waals surface area contributed by atoms with Gasteiger partial charge in [-0.05, 0) is 45.7 Å². The standard InChI is InChI=1S/C26H20/c1-3-10-18-16(8-1)22-14-7-15-23-17-9-2-4-11-19(17)25-21-13-6-5-12-20(21)24(18)26(22,23)25/h1-14,22-25H,15H2/t22-,23+,24+,25+,26?/m0/s1. The van der Waals surface area contributed by atoms with Gasteiger partial charge in [-0.2, -0.15) is 0 Å². The summed E-state index contributed by atoms with van der Waals surface area (Å²) in [6, 6.07) is 27.9. The molecule has 0 saturated carbocycles. The monoisotopic (exact) mass is 332 g/mol. The molecular weight excluding hydrogens is 312 g/mol. The maximum atomic E-state index is 2.54. The van der Waals surface area contributed by atoms with Crippen molar-refractivity contribution in [2.45, 2.75) is 30.1 Å². The van der Waals surface area contributed by atoms with E-state index in [1.807, 2.05) is 0 Å². The zero-order valence-electron chi connectivity index (χ0n) is 14.6. The first-order valence-electron chi connectivity index (χ1n) is 9.85. The Labute approximate surface area is 154 Å². The molecule has 0 fully saturated rings. The first kappa shape index (κ1) is 13.6. The highest BCUT2D eigenvalue weighted by Crippen LogP contribution is 2.79. The number of allylic oxidation sites excluding steroid dienone is 2. The van der Waals surface area contributed by atoms with Crippen molar-refractivity contribution in [2.24, 2.45) is 5.41 Å². The van der Waals surface area contributed by atoms with Crippen molar-refractivity contribution in [3.05, 3.63) is 118 Å². The lowest BCUT2D eigenvalue weighted by molar-refractivity contribution is 0.189. The van der Waals surface area contributed by atoms with Gasteiger partial charge in [0.15, 0.2) is 0 Å². The van der Waals surface area contributed by atoms with E-state index in [4.69, 9.17) is 0 Å². The molecule has 5 atom stereocenters. The summed E-state index contributed by atoms with van der Waals surface area (Å²) >= 11 is 0. The van der Waals surface area contributed by atoms with E-state index < -0.39 is 0 Å². The zero-order chi connectivity index (χ0) is 16.9. The largest absolute Gasteiger partial charge is 0.0873 e. The molecule has 4 aliphatic rings. The second-order valence-corrected chi connectivity index (χ2v) is 8.45. The Kier molecular flexibility index (Phi) is 2.29. The quantitative estimate of drug-likeness (QED) is 0.436. The van der Waals surface area contributed by atoms with Gasteiger partial charge in [0.1, 0.15) is 0 Å². The molecule has 7 rings (SSSR count). The van der Waals surface area contributed by atoms with Crippen LogP contribution in [-0.2, 0) is 0 Å². The lowest BCUT2D eigenvalue weighted by Crippen LogP contribution is -2.35. The first-order valence-corrected chi connectivity index (χ1v) is 9.85. The van der Waals surface area contributed by atoms with E-state index in [1.165, 1.54) is 6.42 Å². The molecule has 0 N–H and O–H groups in total. The topological polar surface area (TPSA) is 0 Å². The smallest absolute Gasteiger partial charge is 0.0176 e. The Morgan fingerprint density at radius 3 is 1.65 bits per heavy atom. The fraction of sp³-hybridized carbons (Fsp3) is 0.231. The van der Waals surface area contributed by atoms with E-state index in [0.29, 0.717) is 23.7 Å². The van der Waals surface area contributed by atoms with Crippen LogP contribution in [0.4, 0.5) is 0 Å². The highest BCUT2D eigenvalue weighted by Gasteiger charge is 2.69. The van der Waals surface area contributed by atoms with Crippen LogP contribution in [0, 0.1) is 5.41 Å². The molecule has 0 radical (unpaired) electrons. The predicted octanol–water partition coefficient (Wildman–Crippen LogP) is 6.10. The van der Waals surface area contributed by atoms with Crippen molar-refractivity contribution in [1.29, 1.82) is 0 Å². The molecular formula is C26H20. The molecule has 1 spiro atoms. The van der Waals surface area contributed by atoms with E-state index in [-0.39, 0.29) is 5.41 Å². The molecule has 0 saturated heterocycles. The maximum Gasteiger partial charge on any atom is 0.0176 e. The predicted molar refractivity (Wildman–Crippen MR) is 105 cm³/mol. The SMILES string of the molecule is C1=C[C@H]2c3ccccc3[C@@H]3c4ccccc4[C@H]4c5ccccc5[C@@H](C1)C432. The minimum Gasteiger partial charge on any atom is -0.0873 e. The van der Waals surface area contributed by atoms with Crippen molar-refractivity contribution in [2.75, 3.05) is 0 Å². The van der Waals surface area contributed by atoms with Crippen LogP contribution in [0.25, 0.3) is 0 Å². The molecule has 0 heteroatoms. The lowest BCUT2D eigenvalue weighted by atomic mass is 9.58. The third-order valence-corrected chi connectivity index (χ3v) is 7.79. The normalized spacial score (nSPS) is 34.0. The van der Waals surface area contributed by atoms with E-state index in [9.17, 15) is 0 Å². The van der Waals surface area contributed by atoms with Gasteiger partial charge in [-0.3, -0.25) is 0 Å². The molecule has 0 amide bonds. The average molecular weight is 332 g/mol. The number of rotatable bonds is 0. The van der Waals surface area contributed by atoms with E-state index in [0.717, 1.165) is 0 Å². The van der Waals surface area contributed by atoms with Crippen LogP contribution in [0.2, 0.25) is 0 Å². The Bertz CT molecular complexity index is 1080. The van der Waals surface area contributed by atoms with Gasteiger partial charge in [0, 0.05) is 23.2 Å². The molecule has 0 heterocycles. The molecule has 0 aliphatic heterocycles. The molecule has 0 bridgehead atoms. The van der Waals surface area contributed by atoms with Gasteiger partial charge in [-0.25, -0.2) is 0 Å². The van der Waals surface area contributed by atoms with Gasteiger partial charge in [0.2, 0.25) is 0 Å². The van der Waals surface area contributed by atoms with Gasteiger partial charge in [-0.1, -0.05) is 84.9 Å². The fourth-order valence-corrected chi connectivity index (χ4v) is 7.23. The maximum absolute atomic E-state index is 2.54. The summed E-state index contributed by atoms with van der Waals surface area (Å²) < 4.78 is 0. The van der Waals surface area contributed by atoms with Gasteiger partial charge < -0.3 is 0 Å². The molecule has 0 nitrogen and oxygen atoms in total. The summed E-state index contributed by atoms with van der Waals surface area (Å²) in [5.74, 6) is 2.23. The molecule has 26 heavy (non-hydrogen) atoms. The van der Waals surface area contributed by atoms with Crippen molar-refractivity contribution in [3.8, 4) is 0 Å². The van der Waals surface area contributed by atoms with Crippen LogP contribution in [0.1, 0.15) is 63.5 Å². The Morgan fingerprint density at radius 1 is 0.577 bits per heavy atom. The minimum atomic E-state index is 0.270. The third kappa shape index (κ3) is 1.25. The van der Waals surface area contributed by atoms with Crippen molar-refractivity contribution >= 4 is 0 Å². The number of hydrogen-bond donors (Lipinski definition) is 0. The summed E-state index contributed by atoms with van der Waals surface area (Å²) in [5.41, 5.74) is 9.80. The van der Waals surface area contributed by atoms with Crippen LogP contribution >= 0.6 is 0 Å². The van der Waals surface area contributed by atoms with Crippen LogP contribution in [0.15, 0.2) is 84.9 Å². The van der Waals surface area contributed by atoms with Crippen molar-refractivity contribution in [3.63, 3.8) is 0 Å². The van der Waals surface area contributed by atoms with Crippen molar-refractivity contribution in [1.82, 2.24) is 0 Å². The van der Waals surface area contributed by atoms with Gasteiger partial charge >= 0.3 is 0 Å². The Balaban J connectivity index is 1.66. The highest BCUT2D eigenvalue weighted by atomic mass is 14.7. The van der Waals surface area contributed by atoms with Gasteiger partial charge in [0.25, 0.3) is 0 Å².